The fourth-order valence-corrected chi connectivity index (χ4v) is 2.39. The first kappa shape index (κ1) is 17.7. The third-order valence-corrected chi connectivity index (χ3v) is 3.39. The molecule has 0 radical (unpaired) electrons. The van der Waals surface area contributed by atoms with Crippen molar-refractivity contribution in [2.75, 3.05) is 13.7 Å². The Labute approximate surface area is 138 Å². The average molecular weight is 335 g/mol. The number of aliphatic carboxylic acids is 1. The van der Waals surface area contributed by atoms with Gasteiger partial charge < -0.3 is 19.6 Å². The lowest BCUT2D eigenvalue weighted by Crippen LogP contribution is -2.50. The number of hydrogen-bond acceptors (Lipinski definition) is 4. The van der Waals surface area contributed by atoms with Crippen LogP contribution in [0.25, 0.3) is 11.3 Å². The number of carbonyl (C=O) groups is 2. The quantitative estimate of drug-likeness (QED) is 0.812. The van der Waals surface area contributed by atoms with Crippen molar-refractivity contribution in [1.82, 2.24) is 5.32 Å². The second kappa shape index (κ2) is 7.27. The molecule has 0 aliphatic rings. The second-order valence-electron chi connectivity index (χ2n) is 5.66. The Balaban J connectivity index is 2.18. The Morgan fingerprint density at radius 1 is 1.29 bits per heavy atom. The van der Waals surface area contributed by atoms with Crippen LogP contribution in [0.4, 0.5) is 4.39 Å². The number of methoxy groups -OCH3 is 1. The highest BCUT2D eigenvalue weighted by Crippen LogP contribution is 2.25. The molecule has 0 saturated carbocycles. The summed E-state index contributed by atoms with van der Waals surface area (Å²) >= 11 is 0. The molecule has 0 aliphatic carbocycles. The van der Waals surface area contributed by atoms with Crippen LogP contribution in [-0.4, -0.2) is 36.2 Å². The van der Waals surface area contributed by atoms with E-state index in [4.69, 9.17) is 14.3 Å². The second-order valence-corrected chi connectivity index (χ2v) is 5.66. The summed E-state index contributed by atoms with van der Waals surface area (Å²) in [5.74, 6) is -1.96. The molecule has 0 aliphatic heterocycles. The maximum atomic E-state index is 13.8. The number of rotatable bonds is 7. The summed E-state index contributed by atoms with van der Waals surface area (Å²) in [6.07, 6.45) is -0.312. The van der Waals surface area contributed by atoms with Crippen LogP contribution in [0.15, 0.2) is 40.8 Å². The predicted molar refractivity (Wildman–Crippen MR) is 84.1 cm³/mol. The molecule has 2 N–H and O–H groups in total. The minimum atomic E-state index is -1.09. The number of carboxylic acids is 1. The molecule has 1 amide bonds. The topological polar surface area (TPSA) is 88.8 Å². The third-order valence-electron chi connectivity index (χ3n) is 3.39. The molecular weight excluding hydrogens is 317 g/mol. The number of furan rings is 1. The minimum Gasteiger partial charge on any atom is -0.481 e. The predicted octanol–water partition coefficient (Wildman–Crippen LogP) is 2.70. The van der Waals surface area contributed by atoms with E-state index in [0.717, 1.165) is 0 Å². The highest BCUT2D eigenvalue weighted by Gasteiger charge is 2.31. The van der Waals surface area contributed by atoms with E-state index in [2.05, 4.69) is 5.32 Å². The molecule has 7 heteroatoms. The zero-order valence-electron chi connectivity index (χ0n) is 13.3. The van der Waals surface area contributed by atoms with Crippen molar-refractivity contribution < 1.29 is 28.2 Å². The molecule has 2 rings (SSSR count). The number of carboxylic acid groups (broad SMARTS) is 1. The maximum Gasteiger partial charge on any atom is 0.305 e. The molecule has 1 unspecified atom stereocenters. The van der Waals surface area contributed by atoms with Gasteiger partial charge >= 0.3 is 5.97 Å². The molecule has 0 bridgehead atoms. The number of carbonyl (C=O) groups excluding carboxylic acids is 1. The van der Waals surface area contributed by atoms with Gasteiger partial charge in [0.25, 0.3) is 5.91 Å². The first-order chi connectivity index (χ1) is 11.3. The van der Waals surface area contributed by atoms with Crippen LogP contribution in [0.2, 0.25) is 0 Å². The largest absolute Gasteiger partial charge is 0.481 e. The standard InChI is InChI=1S/C17H18FNO5/c1-17(10-23-2,9-15(20)21)19-16(22)14-8-7-13(24-14)11-5-3-4-6-12(11)18/h3-8H,9-10H2,1-2H3,(H,19,22)(H,20,21). The van der Waals surface area contributed by atoms with Gasteiger partial charge in [0, 0.05) is 7.11 Å². The zero-order valence-corrected chi connectivity index (χ0v) is 13.3. The van der Waals surface area contributed by atoms with E-state index < -0.39 is 23.2 Å². The van der Waals surface area contributed by atoms with Crippen LogP contribution in [0.1, 0.15) is 23.9 Å². The lowest BCUT2D eigenvalue weighted by Gasteiger charge is -2.27. The molecule has 6 nitrogen and oxygen atoms in total. The SMILES string of the molecule is COCC(C)(CC(=O)O)NC(=O)c1ccc(-c2ccccc2F)o1. The van der Waals surface area contributed by atoms with Crippen molar-refractivity contribution in [3.8, 4) is 11.3 Å². The number of nitrogens with one attached hydrogen (secondary N) is 1. The highest BCUT2D eigenvalue weighted by molar-refractivity contribution is 5.93. The highest BCUT2D eigenvalue weighted by atomic mass is 19.1. The fourth-order valence-electron chi connectivity index (χ4n) is 2.39. The summed E-state index contributed by atoms with van der Waals surface area (Å²) in [7, 11) is 1.41. The van der Waals surface area contributed by atoms with E-state index in [0.29, 0.717) is 0 Å². The van der Waals surface area contributed by atoms with Gasteiger partial charge in [-0.1, -0.05) is 12.1 Å². The Kier molecular flexibility index (Phi) is 5.35. The van der Waals surface area contributed by atoms with E-state index in [-0.39, 0.29) is 30.1 Å². The molecule has 1 heterocycles. The molecule has 128 valence electrons. The molecule has 0 saturated heterocycles. The van der Waals surface area contributed by atoms with Crippen molar-refractivity contribution in [2.24, 2.45) is 0 Å². The minimum absolute atomic E-state index is 0.0198. The summed E-state index contributed by atoms with van der Waals surface area (Å²) in [4.78, 5) is 23.3. The number of ether oxygens (including phenoxy) is 1. The zero-order chi connectivity index (χ0) is 17.7. The Morgan fingerprint density at radius 3 is 2.62 bits per heavy atom. The maximum absolute atomic E-state index is 13.8. The summed E-state index contributed by atoms with van der Waals surface area (Å²) in [5.41, 5.74) is -0.857. The summed E-state index contributed by atoms with van der Waals surface area (Å²) in [6, 6.07) is 8.93. The van der Waals surface area contributed by atoms with Gasteiger partial charge in [0.2, 0.25) is 0 Å². The summed E-state index contributed by atoms with van der Waals surface area (Å²) in [5, 5.41) is 11.6. The van der Waals surface area contributed by atoms with Crippen LogP contribution >= 0.6 is 0 Å². The van der Waals surface area contributed by atoms with E-state index in [1.54, 1.807) is 19.1 Å². The fraction of sp³-hybridized carbons (Fsp3) is 0.294. The molecule has 2 aromatic rings. The van der Waals surface area contributed by atoms with Gasteiger partial charge in [0.15, 0.2) is 5.76 Å². The Morgan fingerprint density at radius 2 is 2.00 bits per heavy atom. The van der Waals surface area contributed by atoms with Crippen LogP contribution in [0.3, 0.4) is 0 Å². The van der Waals surface area contributed by atoms with Crippen LogP contribution < -0.4 is 5.32 Å². The number of amides is 1. The number of halogens is 1. The normalized spacial score (nSPS) is 13.3. The molecular formula is C17H18FNO5. The molecule has 1 aromatic carbocycles. The first-order valence-electron chi connectivity index (χ1n) is 7.22. The molecule has 0 fully saturated rings. The molecule has 24 heavy (non-hydrogen) atoms. The number of benzene rings is 1. The summed E-state index contributed by atoms with van der Waals surface area (Å²) in [6.45, 7) is 1.58. The van der Waals surface area contributed by atoms with E-state index in [1.807, 2.05) is 0 Å². The van der Waals surface area contributed by atoms with Gasteiger partial charge in [0.05, 0.1) is 24.1 Å². The van der Waals surface area contributed by atoms with Crippen molar-refractivity contribution in [1.29, 1.82) is 0 Å². The van der Waals surface area contributed by atoms with E-state index in [1.165, 1.54) is 31.4 Å². The summed E-state index contributed by atoms with van der Waals surface area (Å²) < 4.78 is 24.1. The van der Waals surface area contributed by atoms with E-state index >= 15 is 0 Å². The Hall–Kier alpha value is -2.67. The van der Waals surface area contributed by atoms with Gasteiger partial charge in [-0.15, -0.1) is 0 Å². The smallest absolute Gasteiger partial charge is 0.305 e. The van der Waals surface area contributed by atoms with Crippen molar-refractivity contribution in [3.63, 3.8) is 0 Å². The molecule has 0 spiro atoms. The van der Waals surface area contributed by atoms with Crippen LogP contribution in [0, 0.1) is 5.82 Å². The van der Waals surface area contributed by atoms with Crippen LogP contribution in [-0.2, 0) is 9.53 Å². The number of hydrogen-bond donors (Lipinski definition) is 2. The van der Waals surface area contributed by atoms with Gasteiger partial charge in [0.1, 0.15) is 11.6 Å². The lowest BCUT2D eigenvalue weighted by atomic mass is 9.99. The third kappa shape index (κ3) is 4.20. The van der Waals surface area contributed by atoms with Gasteiger partial charge in [-0.25, -0.2) is 4.39 Å². The Bertz CT molecular complexity index is 742. The van der Waals surface area contributed by atoms with Gasteiger partial charge in [-0.2, -0.15) is 0 Å². The van der Waals surface area contributed by atoms with Crippen molar-refractivity contribution in [2.45, 2.75) is 18.9 Å². The molecule has 1 aromatic heterocycles. The van der Waals surface area contributed by atoms with E-state index in [9.17, 15) is 14.0 Å². The van der Waals surface area contributed by atoms with Gasteiger partial charge in [-0.05, 0) is 31.2 Å². The van der Waals surface area contributed by atoms with Crippen molar-refractivity contribution >= 4 is 11.9 Å². The lowest BCUT2D eigenvalue weighted by molar-refractivity contribution is -0.139. The first-order valence-corrected chi connectivity index (χ1v) is 7.22. The van der Waals surface area contributed by atoms with Crippen LogP contribution in [0.5, 0.6) is 0 Å². The van der Waals surface area contributed by atoms with Crippen molar-refractivity contribution in [3.05, 3.63) is 48.0 Å². The molecule has 1 atom stereocenters. The van der Waals surface area contributed by atoms with Gasteiger partial charge in [-0.3, -0.25) is 9.59 Å². The monoisotopic (exact) mass is 335 g/mol. The average Bonchev–Trinajstić information content (AvgIpc) is 2.96.